The molecule has 3 aromatic rings. The van der Waals surface area contributed by atoms with Crippen LogP contribution in [0.1, 0.15) is 10.5 Å². The summed E-state index contributed by atoms with van der Waals surface area (Å²) in [4.78, 5) is 25.5. The number of hydrogen-bond acceptors (Lipinski definition) is 6. The average molecular weight is 389 g/mol. The monoisotopic (exact) mass is 389 g/mol. The Labute approximate surface area is 169 Å². The molecular weight excluding hydrogens is 366 g/mol. The fourth-order valence-electron chi connectivity index (χ4n) is 3.47. The van der Waals surface area contributed by atoms with Crippen molar-refractivity contribution in [3.05, 3.63) is 66.6 Å². The number of nitrogens with two attached hydrogens (primary N) is 1. The molecule has 3 heterocycles. The van der Waals surface area contributed by atoms with Crippen molar-refractivity contribution in [1.82, 2.24) is 14.9 Å². The predicted octanol–water partition coefficient (Wildman–Crippen LogP) is 2.70. The maximum atomic E-state index is 13.0. The van der Waals surface area contributed by atoms with Crippen LogP contribution in [0, 0.1) is 0 Å². The zero-order valence-corrected chi connectivity index (χ0v) is 16.3. The number of rotatable bonds is 4. The molecule has 0 aliphatic carbocycles. The van der Waals surface area contributed by atoms with E-state index in [0.29, 0.717) is 30.4 Å². The molecule has 7 heteroatoms. The van der Waals surface area contributed by atoms with E-state index in [4.69, 9.17) is 10.5 Å². The number of piperazine rings is 1. The molecule has 0 bridgehead atoms. The van der Waals surface area contributed by atoms with Gasteiger partial charge in [-0.15, -0.1) is 0 Å². The first kappa shape index (κ1) is 18.7. The van der Waals surface area contributed by atoms with Crippen LogP contribution in [-0.2, 0) is 0 Å². The minimum atomic E-state index is -0.0852. The second-order valence-corrected chi connectivity index (χ2v) is 6.86. The molecule has 1 aromatic carbocycles. The highest BCUT2D eigenvalue weighted by atomic mass is 16.5. The molecule has 7 nitrogen and oxygen atoms in total. The Kier molecular flexibility index (Phi) is 5.29. The van der Waals surface area contributed by atoms with Gasteiger partial charge in [-0.1, -0.05) is 30.3 Å². The Morgan fingerprint density at radius 1 is 1.00 bits per heavy atom. The molecule has 0 radical (unpaired) electrons. The second kappa shape index (κ2) is 8.18. The van der Waals surface area contributed by atoms with E-state index in [2.05, 4.69) is 14.9 Å². The predicted molar refractivity (Wildman–Crippen MR) is 113 cm³/mol. The molecule has 1 saturated heterocycles. The number of nitrogen functional groups attached to an aromatic ring is 1. The Bertz CT molecular complexity index is 984. The van der Waals surface area contributed by atoms with Crippen LogP contribution >= 0.6 is 0 Å². The molecule has 1 amide bonds. The summed E-state index contributed by atoms with van der Waals surface area (Å²) in [6.07, 6.45) is 3.47. The van der Waals surface area contributed by atoms with Gasteiger partial charge in [-0.3, -0.25) is 9.78 Å². The second-order valence-electron chi connectivity index (χ2n) is 6.86. The van der Waals surface area contributed by atoms with Crippen LogP contribution in [0.5, 0.6) is 5.75 Å². The summed E-state index contributed by atoms with van der Waals surface area (Å²) in [6, 6.07) is 15.3. The Morgan fingerprint density at radius 2 is 1.76 bits per heavy atom. The van der Waals surface area contributed by atoms with E-state index in [1.807, 2.05) is 41.3 Å². The zero-order chi connectivity index (χ0) is 20.2. The summed E-state index contributed by atoms with van der Waals surface area (Å²) in [5.74, 6) is 1.06. The lowest BCUT2D eigenvalue weighted by Gasteiger charge is -2.35. The molecule has 2 N–H and O–H groups in total. The number of anilines is 2. The molecule has 0 saturated carbocycles. The van der Waals surface area contributed by atoms with Gasteiger partial charge in [0.2, 0.25) is 0 Å². The van der Waals surface area contributed by atoms with Gasteiger partial charge < -0.3 is 20.3 Å². The van der Waals surface area contributed by atoms with Crippen molar-refractivity contribution < 1.29 is 9.53 Å². The van der Waals surface area contributed by atoms with Crippen LogP contribution < -0.4 is 15.4 Å². The number of pyridine rings is 2. The summed E-state index contributed by atoms with van der Waals surface area (Å²) in [5.41, 5.74) is 8.93. The number of carbonyl (C=O) groups is 1. The van der Waals surface area contributed by atoms with E-state index in [9.17, 15) is 4.79 Å². The van der Waals surface area contributed by atoms with Crippen LogP contribution in [0.4, 0.5) is 11.5 Å². The summed E-state index contributed by atoms with van der Waals surface area (Å²) >= 11 is 0. The SMILES string of the molecule is COc1cc(C(=O)N2CCN(c3ccc(N)nc3)CC2)ncc1-c1ccccc1. The molecule has 2 aromatic heterocycles. The van der Waals surface area contributed by atoms with E-state index in [-0.39, 0.29) is 5.91 Å². The summed E-state index contributed by atoms with van der Waals surface area (Å²) < 4.78 is 5.53. The first-order chi connectivity index (χ1) is 14.2. The lowest BCUT2D eigenvalue weighted by atomic mass is 10.1. The standard InChI is InChI=1S/C22H23N5O2/c1-29-20-13-19(24-15-18(20)16-5-3-2-4-6-16)22(28)27-11-9-26(10-12-27)17-7-8-21(23)25-14-17/h2-8,13-15H,9-12H2,1H3,(H2,23,25). The van der Waals surface area contributed by atoms with Crippen molar-refractivity contribution >= 4 is 17.4 Å². The lowest BCUT2D eigenvalue weighted by molar-refractivity contribution is 0.0740. The van der Waals surface area contributed by atoms with E-state index in [0.717, 1.165) is 29.9 Å². The molecule has 1 aliphatic rings. The van der Waals surface area contributed by atoms with E-state index < -0.39 is 0 Å². The number of hydrogen-bond donors (Lipinski definition) is 1. The van der Waals surface area contributed by atoms with Crippen LogP contribution in [0.3, 0.4) is 0 Å². The van der Waals surface area contributed by atoms with Gasteiger partial charge >= 0.3 is 0 Å². The number of aromatic nitrogens is 2. The number of benzene rings is 1. The molecular formula is C22H23N5O2. The number of ether oxygens (including phenoxy) is 1. The number of amides is 1. The molecule has 1 fully saturated rings. The first-order valence-corrected chi connectivity index (χ1v) is 9.51. The van der Waals surface area contributed by atoms with Crippen molar-refractivity contribution in [3.8, 4) is 16.9 Å². The summed E-state index contributed by atoms with van der Waals surface area (Å²) in [5, 5.41) is 0. The smallest absolute Gasteiger partial charge is 0.272 e. The summed E-state index contributed by atoms with van der Waals surface area (Å²) in [7, 11) is 1.61. The van der Waals surface area contributed by atoms with Crippen LogP contribution in [0.2, 0.25) is 0 Å². The average Bonchev–Trinajstić information content (AvgIpc) is 2.79. The van der Waals surface area contributed by atoms with Gasteiger partial charge in [-0.2, -0.15) is 0 Å². The van der Waals surface area contributed by atoms with Crippen molar-refractivity contribution in [2.75, 3.05) is 43.9 Å². The third kappa shape index (κ3) is 3.99. The van der Waals surface area contributed by atoms with Gasteiger partial charge in [0.15, 0.2) is 0 Å². The Hall–Kier alpha value is -3.61. The van der Waals surface area contributed by atoms with Crippen molar-refractivity contribution in [3.63, 3.8) is 0 Å². The van der Waals surface area contributed by atoms with E-state index in [1.165, 1.54) is 0 Å². The minimum Gasteiger partial charge on any atom is -0.496 e. The third-order valence-corrected chi connectivity index (χ3v) is 5.09. The molecule has 29 heavy (non-hydrogen) atoms. The Morgan fingerprint density at radius 3 is 2.41 bits per heavy atom. The topological polar surface area (TPSA) is 84.6 Å². The highest BCUT2D eigenvalue weighted by Gasteiger charge is 2.24. The van der Waals surface area contributed by atoms with E-state index in [1.54, 1.807) is 31.6 Å². The third-order valence-electron chi connectivity index (χ3n) is 5.09. The van der Waals surface area contributed by atoms with Gasteiger partial charge in [-0.05, 0) is 17.7 Å². The maximum absolute atomic E-state index is 13.0. The first-order valence-electron chi connectivity index (χ1n) is 9.51. The van der Waals surface area contributed by atoms with Crippen LogP contribution in [0.15, 0.2) is 60.9 Å². The minimum absolute atomic E-state index is 0.0852. The fraction of sp³-hybridized carbons (Fsp3) is 0.227. The number of carbonyl (C=O) groups excluding carboxylic acids is 1. The normalized spacial score (nSPS) is 14.0. The maximum Gasteiger partial charge on any atom is 0.272 e. The molecule has 0 unspecified atom stereocenters. The van der Waals surface area contributed by atoms with Crippen molar-refractivity contribution in [2.45, 2.75) is 0 Å². The fourth-order valence-corrected chi connectivity index (χ4v) is 3.47. The number of methoxy groups -OCH3 is 1. The molecule has 1 aliphatic heterocycles. The van der Waals surface area contributed by atoms with Gasteiger partial charge in [0.05, 0.1) is 19.0 Å². The molecule has 148 valence electrons. The van der Waals surface area contributed by atoms with Gasteiger partial charge in [0.1, 0.15) is 17.3 Å². The molecule has 0 atom stereocenters. The highest BCUT2D eigenvalue weighted by molar-refractivity contribution is 5.93. The van der Waals surface area contributed by atoms with Crippen molar-refractivity contribution in [1.29, 1.82) is 0 Å². The summed E-state index contributed by atoms with van der Waals surface area (Å²) in [6.45, 7) is 2.70. The molecule has 0 spiro atoms. The van der Waals surface area contributed by atoms with Crippen LogP contribution in [-0.4, -0.2) is 54.1 Å². The van der Waals surface area contributed by atoms with Gasteiger partial charge in [0.25, 0.3) is 5.91 Å². The zero-order valence-electron chi connectivity index (χ0n) is 16.3. The van der Waals surface area contributed by atoms with E-state index >= 15 is 0 Å². The van der Waals surface area contributed by atoms with Crippen LogP contribution in [0.25, 0.3) is 11.1 Å². The highest BCUT2D eigenvalue weighted by Crippen LogP contribution is 2.30. The van der Waals surface area contributed by atoms with Gasteiger partial charge in [0, 0.05) is 44.0 Å². The Balaban J connectivity index is 1.47. The molecule has 4 rings (SSSR count). The van der Waals surface area contributed by atoms with Gasteiger partial charge in [-0.25, -0.2) is 4.98 Å². The largest absolute Gasteiger partial charge is 0.496 e. The van der Waals surface area contributed by atoms with Crippen molar-refractivity contribution in [2.24, 2.45) is 0 Å². The quantitative estimate of drug-likeness (QED) is 0.739. The number of nitrogens with zero attached hydrogens (tertiary/aromatic N) is 4. The lowest BCUT2D eigenvalue weighted by Crippen LogP contribution is -2.49.